The molecule has 0 spiro atoms. The lowest BCUT2D eigenvalue weighted by atomic mass is 9.98. The molecular weight excluding hydrogens is 576 g/mol. The molecule has 0 unspecified atom stereocenters. The highest BCUT2D eigenvalue weighted by Gasteiger charge is 2.47. The van der Waals surface area contributed by atoms with E-state index in [2.05, 4.69) is 0 Å². The summed E-state index contributed by atoms with van der Waals surface area (Å²) in [6.07, 6.45) is -15.0. The van der Waals surface area contributed by atoms with Gasteiger partial charge in [0, 0.05) is 23.8 Å². The molecule has 2 aliphatic heterocycles. The number of benzene rings is 2. The zero-order valence-corrected chi connectivity index (χ0v) is 22.9. The first-order chi connectivity index (χ1) is 20.4. The predicted octanol–water partition coefficient (Wildman–Crippen LogP) is -1.09. The van der Waals surface area contributed by atoms with Gasteiger partial charge in [0.1, 0.15) is 71.0 Å². The third-order valence-corrected chi connectivity index (χ3v) is 7.40. The Morgan fingerprint density at radius 3 is 2.19 bits per heavy atom. The number of fused-ring (bicyclic) bond motifs is 1. The number of aromatic hydroxyl groups is 2. The number of aliphatic hydroxyl groups is 6. The van der Waals surface area contributed by atoms with Crippen molar-refractivity contribution in [3.8, 4) is 34.3 Å². The second-order valence-corrected chi connectivity index (χ2v) is 10.3. The zero-order valence-electron chi connectivity index (χ0n) is 22.9. The van der Waals surface area contributed by atoms with Crippen LogP contribution in [0.4, 0.5) is 0 Å². The maximum absolute atomic E-state index is 12.8. The van der Waals surface area contributed by atoms with Gasteiger partial charge in [-0.1, -0.05) is 0 Å². The fourth-order valence-corrected chi connectivity index (χ4v) is 4.92. The highest BCUT2D eigenvalue weighted by molar-refractivity contribution is 5.86. The third-order valence-electron chi connectivity index (χ3n) is 7.40. The van der Waals surface area contributed by atoms with Gasteiger partial charge in [-0.15, -0.1) is 0 Å². The molecule has 15 nitrogen and oxygen atoms in total. The molecule has 234 valence electrons. The van der Waals surface area contributed by atoms with Crippen LogP contribution in [-0.2, 0) is 14.2 Å². The van der Waals surface area contributed by atoms with Crippen LogP contribution in [0.5, 0.6) is 23.0 Å². The van der Waals surface area contributed by atoms with Crippen LogP contribution in [-0.4, -0.2) is 116 Å². The topological polar surface area (TPSA) is 238 Å². The van der Waals surface area contributed by atoms with E-state index in [0.29, 0.717) is 5.56 Å². The van der Waals surface area contributed by atoms with Crippen molar-refractivity contribution in [1.29, 1.82) is 0 Å². The molecule has 0 bridgehead atoms. The standard InChI is InChI=1S/C28H32O15/c1-10-21(32)23(34)25(36)27(40-10)39-9-19-22(33)24(35)26(37)28(43-19)41-12-6-14(30)20-15(31)8-17(42-18(20)7-12)11-3-4-16(38-2)13(29)5-11/h3-8,10,19,21-30,32-37H,9H2,1-2H3/t10-,19+,21-,22+,23+,24-,25-,26-,27-,28-/m1/s1. The average molecular weight is 609 g/mol. The van der Waals surface area contributed by atoms with E-state index in [1.54, 1.807) is 6.07 Å². The third kappa shape index (κ3) is 5.99. The van der Waals surface area contributed by atoms with Crippen LogP contribution in [0.2, 0.25) is 0 Å². The zero-order chi connectivity index (χ0) is 31.2. The first-order valence-corrected chi connectivity index (χ1v) is 13.3. The van der Waals surface area contributed by atoms with E-state index < -0.39 is 79.2 Å². The summed E-state index contributed by atoms with van der Waals surface area (Å²) in [6, 6.07) is 7.78. The van der Waals surface area contributed by atoms with Gasteiger partial charge in [-0.05, 0) is 25.1 Å². The van der Waals surface area contributed by atoms with Crippen LogP contribution in [0, 0.1) is 0 Å². The minimum absolute atomic E-state index is 0.0517. The van der Waals surface area contributed by atoms with Crippen molar-refractivity contribution in [3.05, 3.63) is 46.6 Å². The molecule has 1 aromatic heterocycles. The van der Waals surface area contributed by atoms with E-state index >= 15 is 0 Å². The number of aliphatic hydroxyl groups excluding tert-OH is 6. The van der Waals surface area contributed by atoms with Crippen molar-refractivity contribution in [2.24, 2.45) is 0 Å². The van der Waals surface area contributed by atoms with Crippen LogP contribution in [0.1, 0.15) is 6.92 Å². The van der Waals surface area contributed by atoms with Crippen molar-refractivity contribution in [3.63, 3.8) is 0 Å². The minimum atomic E-state index is -1.78. The summed E-state index contributed by atoms with van der Waals surface area (Å²) in [5, 5.41) is 82.0. The molecule has 2 aliphatic rings. The van der Waals surface area contributed by atoms with Gasteiger partial charge in [0.25, 0.3) is 0 Å². The number of methoxy groups -OCH3 is 1. The summed E-state index contributed by atoms with van der Waals surface area (Å²) in [6.45, 7) is 0.953. The van der Waals surface area contributed by atoms with Gasteiger partial charge < -0.3 is 69.0 Å². The molecule has 2 saturated heterocycles. The molecule has 0 saturated carbocycles. The molecule has 0 amide bonds. The summed E-state index contributed by atoms with van der Waals surface area (Å²) in [5.41, 5.74) is -0.381. The molecular formula is C28H32O15. The van der Waals surface area contributed by atoms with E-state index in [1.165, 1.54) is 32.2 Å². The molecule has 3 heterocycles. The SMILES string of the molecule is COc1ccc(-c2cc(=O)c3c(O)cc(O[C@@H]4O[C@@H](CO[C@@H]5O[C@H](C)[C@@H](O)[C@H](O)[C@H]5O)[C@H](O)[C@@H](O)[C@H]4O)cc3o2)cc1O. The Morgan fingerprint density at radius 2 is 1.49 bits per heavy atom. The van der Waals surface area contributed by atoms with E-state index in [1.807, 2.05) is 0 Å². The van der Waals surface area contributed by atoms with Crippen molar-refractivity contribution in [1.82, 2.24) is 0 Å². The predicted molar refractivity (Wildman–Crippen MR) is 143 cm³/mol. The van der Waals surface area contributed by atoms with Crippen LogP contribution in [0.15, 0.2) is 45.6 Å². The Bertz CT molecular complexity index is 1510. The maximum Gasteiger partial charge on any atom is 0.229 e. The van der Waals surface area contributed by atoms with E-state index in [0.717, 1.165) is 12.1 Å². The second-order valence-electron chi connectivity index (χ2n) is 10.3. The lowest BCUT2D eigenvalue weighted by Crippen LogP contribution is -2.61. The van der Waals surface area contributed by atoms with Gasteiger partial charge in [0.05, 0.1) is 19.8 Å². The summed E-state index contributed by atoms with van der Waals surface area (Å²) in [7, 11) is 1.38. The fourth-order valence-electron chi connectivity index (χ4n) is 4.92. The second kappa shape index (κ2) is 12.2. The summed E-state index contributed by atoms with van der Waals surface area (Å²) < 4.78 is 32.9. The molecule has 2 fully saturated rings. The van der Waals surface area contributed by atoms with E-state index in [-0.39, 0.29) is 34.0 Å². The Hall–Kier alpha value is -3.51. The molecule has 0 aliphatic carbocycles. The Balaban J connectivity index is 1.36. The van der Waals surface area contributed by atoms with Gasteiger partial charge in [-0.3, -0.25) is 4.79 Å². The van der Waals surface area contributed by atoms with E-state index in [4.69, 9.17) is 28.1 Å². The van der Waals surface area contributed by atoms with Crippen LogP contribution >= 0.6 is 0 Å². The van der Waals surface area contributed by atoms with Crippen molar-refractivity contribution in [2.75, 3.05) is 13.7 Å². The number of phenols is 2. The number of ether oxygens (including phenoxy) is 5. The van der Waals surface area contributed by atoms with Gasteiger partial charge in [0.2, 0.25) is 6.29 Å². The number of phenolic OH excluding ortho intramolecular Hbond substituents is 2. The fraction of sp³-hybridized carbons (Fsp3) is 0.464. The quantitative estimate of drug-likeness (QED) is 0.159. The van der Waals surface area contributed by atoms with Gasteiger partial charge >= 0.3 is 0 Å². The Kier molecular flexibility index (Phi) is 8.80. The van der Waals surface area contributed by atoms with E-state index in [9.17, 15) is 45.6 Å². The van der Waals surface area contributed by atoms with Gasteiger partial charge in [0.15, 0.2) is 23.2 Å². The number of hydrogen-bond donors (Lipinski definition) is 8. The summed E-state index contributed by atoms with van der Waals surface area (Å²) >= 11 is 0. The highest BCUT2D eigenvalue weighted by Crippen LogP contribution is 2.35. The first-order valence-electron chi connectivity index (χ1n) is 13.3. The van der Waals surface area contributed by atoms with Crippen LogP contribution in [0.3, 0.4) is 0 Å². The van der Waals surface area contributed by atoms with Crippen LogP contribution < -0.4 is 14.9 Å². The van der Waals surface area contributed by atoms with Crippen molar-refractivity contribution in [2.45, 2.75) is 68.3 Å². The molecule has 5 rings (SSSR count). The smallest absolute Gasteiger partial charge is 0.229 e. The van der Waals surface area contributed by atoms with Gasteiger partial charge in [-0.2, -0.15) is 0 Å². The molecule has 8 N–H and O–H groups in total. The Labute approximate surface area is 243 Å². The average Bonchev–Trinajstić information content (AvgIpc) is 2.97. The first kappa shape index (κ1) is 30.9. The lowest BCUT2D eigenvalue weighted by Gasteiger charge is -2.42. The molecule has 10 atom stereocenters. The normalized spacial score (nSPS) is 32.9. The molecule has 15 heteroatoms. The monoisotopic (exact) mass is 608 g/mol. The van der Waals surface area contributed by atoms with Crippen molar-refractivity contribution >= 4 is 11.0 Å². The van der Waals surface area contributed by atoms with Crippen molar-refractivity contribution < 1.29 is 69.0 Å². The summed E-state index contributed by atoms with van der Waals surface area (Å²) in [5.74, 6) is -0.605. The molecule has 43 heavy (non-hydrogen) atoms. The maximum atomic E-state index is 12.8. The number of rotatable bonds is 7. The summed E-state index contributed by atoms with van der Waals surface area (Å²) in [4.78, 5) is 12.8. The lowest BCUT2D eigenvalue weighted by molar-refractivity contribution is -0.318. The highest BCUT2D eigenvalue weighted by atomic mass is 16.7. The molecule has 2 aromatic carbocycles. The number of hydrogen-bond acceptors (Lipinski definition) is 15. The minimum Gasteiger partial charge on any atom is -0.507 e. The largest absolute Gasteiger partial charge is 0.507 e. The van der Waals surface area contributed by atoms with Crippen LogP contribution in [0.25, 0.3) is 22.3 Å². The Morgan fingerprint density at radius 1 is 0.791 bits per heavy atom. The van der Waals surface area contributed by atoms with Gasteiger partial charge in [-0.25, -0.2) is 0 Å². The molecule has 3 aromatic rings. The molecule has 0 radical (unpaired) electrons.